The number of carboxylic acid groups (broad SMARTS) is 2. The van der Waals surface area contributed by atoms with Gasteiger partial charge in [0.25, 0.3) is 0 Å². The monoisotopic (exact) mass is 194 g/mol. The summed E-state index contributed by atoms with van der Waals surface area (Å²) in [5, 5.41) is 17.0. The first-order valence-corrected chi connectivity index (χ1v) is 3.28. The summed E-state index contributed by atoms with van der Waals surface area (Å²) in [6.07, 6.45) is 0. The number of thiol groups is 2. The van der Waals surface area contributed by atoms with Crippen LogP contribution in [0.3, 0.4) is 0 Å². The Labute approximate surface area is 105 Å². The number of carbonyl (C=O) groups is 2. The molecule has 0 aromatic carbocycles. The molecule has 0 aliphatic carbocycles. The van der Waals surface area contributed by atoms with Crippen molar-refractivity contribution in [3.63, 3.8) is 0 Å². The van der Waals surface area contributed by atoms with Gasteiger partial charge in [0, 0.05) is 0 Å². The first kappa shape index (κ1) is 18.6. The number of rotatable bonds is 3. The van der Waals surface area contributed by atoms with Crippen LogP contribution < -0.4 is 47.9 Å². The molecular formula is C4H4Li2O4S2. The van der Waals surface area contributed by atoms with Gasteiger partial charge < -0.3 is 19.8 Å². The Balaban J connectivity index is -0.000000405. The van der Waals surface area contributed by atoms with Crippen LogP contribution in [0.1, 0.15) is 0 Å². The second kappa shape index (κ2) is 8.43. The van der Waals surface area contributed by atoms with Crippen LogP contribution in [0.25, 0.3) is 0 Å². The number of carboxylic acids is 2. The molecule has 0 aliphatic rings. The van der Waals surface area contributed by atoms with Crippen LogP contribution in [-0.4, -0.2) is 22.4 Å². The van der Waals surface area contributed by atoms with E-state index in [2.05, 4.69) is 25.3 Å². The maximum atomic E-state index is 9.92. The van der Waals surface area contributed by atoms with Crippen molar-refractivity contribution in [2.45, 2.75) is 10.5 Å². The zero-order chi connectivity index (χ0) is 8.31. The van der Waals surface area contributed by atoms with Crippen molar-refractivity contribution >= 4 is 37.2 Å². The quantitative estimate of drug-likeness (QED) is 0.345. The van der Waals surface area contributed by atoms with Crippen LogP contribution in [0, 0.1) is 0 Å². The fourth-order valence-corrected chi connectivity index (χ4v) is 0.501. The molecule has 0 aliphatic heterocycles. The summed E-state index contributed by atoms with van der Waals surface area (Å²) >= 11 is 6.80. The van der Waals surface area contributed by atoms with E-state index >= 15 is 0 Å². The van der Waals surface area contributed by atoms with E-state index < -0.39 is 22.4 Å². The molecule has 0 N–H and O–H groups in total. The molecule has 58 valence electrons. The van der Waals surface area contributed by atoms with E-state index in [-0.39, 0.29) is 37.7 Å². The van der Waals surface area contributed by atoms with Crippen LogP contribution in [0.4, 0.5) is 0 Å². The molecule has 0 amide bonds. The van der Waals surface area contributed by atoms with Crippen molar-refractivity contribution in [1.82, 2.24) is 0 Å². The third-order valence-corrected chi connectivity index (χ3v) is 2.04. The van der Waals surface area contributed by atoms with Gasteiger partial charge in [0.15, 0.2) is 0 Å². The van der Waals surface area contributed by atoms with Crippen LogP contribution in [-0.2, 0) is 9.59 Å². The predicted molar refractivity (Wildman–Crippen MR) is 35.6 cm³/mol. The maximum Gasteiger partial charge on any atom is 1.00 e. The molecule has 0 saturated carbocycles. The van der Waals surface area contributed by atoms with Gasteiger partial charge in [-0.2, -0.15) is 25.3 Å². The Bertz CT molecular complexity index is 147. The van der Waals surface area contributed by atoms with E-state index in [0.717, 1.165) is 0 Å². The molecule has 2 atom stereocenters. The normalized spacial score (nSPS) is 13.2. The first-order valence-electron chi connectivity index (χ1n) is 2.24. The average Bonchev–Trinajstić information content (AvgIpc) is 1.84. The van der Waals surface area contributed by atoms with Gasteiger partial charge in [-0.3, -0.25) is 0 Å². The second-order valence-electron chi connectivity index (χ2n) is 1.53. The summed E-state index contributed by atoms with van der Waals surface area (Å²) < 4.78 is 0. The molecule has 0 aromatic rings. The van der Waals surface area contributed by atoms with Gasteiger partial charge in [-0.15, -0.1) is 0 Å². The van der Waals surface area contributed by atoms with Gasteiger partial charge in [-0.05, 0) is 0 Å². The van der Waals surface area contributed by atoms with Gasteiger partial charge in [-0.25, -0.2) is 0 Å². The third kappa shape index (κ3) is 6.36. The Morgan fingerprint density at radius 3 is 1.17 bits per heavy atom. The predicted octanol–water partition coefficient (Wildman–Crippen LogP) is -8.91. The summed E-state index contributed by atoms with van der Waals surface area (Å²) in [6.45, 7) is 0. The van der Waals surface area contributed by atoms with Gasteiger partial charge in [0.1, 0.15) is 0 Å². The van der Waals surface area contributed by atoms with E-state index in [4.69, 9.17) is 0 Å². The van der Waals surface area contributed by atoms with Crippen LogP contribution >= 0.6 is 25.3 Å². The minimum absolute atomic E-state index is 0. The van der Waals surface area contributed by atoms with Gasteiger partial charge in [0.2, 0.25) is 0 Å². The zero-order valence-corrected chi connectivity index (χ0v) is 8.47. The van der Waals surface area contributed by atoms with E-state index in [1.165, 1.54) is 0 Å². The Morgan fingerprint density at radius 1 is 0.917 bits per heavy atom. The standard InChI is InChI=1S/C4H6O4S2.2Li/c5-3(6)1(9)2(10)4(7)8;;/h1-2,9-10H,(H,5,6)(H,7,8);;/q;2*+1/p-2. The third-order valence-electron chi connectivity index (χ3n) is 0.782. The summed E-state index contributed by atoms with van der Waals surface area (Å²) in [5.74, 6) is -3.15. The molecule has 12 heavy (non-hydrogen) atoms. The number of hydrogen-bond donors (Lipinski definition) is 2. The molecular weight excluding hydrogens is 190 g/mol. The van der Waals surface area contributed by atoms with Gasteiger partial charge in [-0.1, -0.05) is 0 Å². The Hall–Kier alpha value is 0.835. The molecule has 0 radical (unpaired) electrons. The minimum Gasteiger partial charge on any atom is -0.549 e. The molecule has 0 saturated heterocycles. The zero-order valence-electron chi connectivity index (χ0n) is 6.68. The summed E-state index contributed by atoms with van der Waals surface area (Å²) in [6, 6.07) is 0. The molecule has 0 spiro atoms. The number of carbonyl (C=O) groups excluding carboxylic acids is 2. The van der Waals surface area contributed by atoms with Crippen molar-refractivity contribution in [1.29, 1.82) is 0 Å². The van der Waals surface area contributed by atoms with Crippen molar-refractivity contribution < 1.29 is 57.5 Å². The van der Waals surface area contributed by atoms with Crippen molar-refractivity contribution in [2.75, 3.05) is 0 Å². The Morgan fingerprint density at radius 2 is 1.08 bits per heavy atom. The topological polar surface area (TPSA) is 80.3 Å². The molecule has 0 rings (SSSR count). The Kier molecular flexibility index (Phi) is 13.1. The van der Waals surface area contributed by atoms with E-state index in [1.54, 1.807) is 0 Å². The smallest absolute Gasteiger partial charge is 0.549 e. The van der Waals surface area contributed by atoms with Crippen LogP contribution in [0.2, 0.25) is 0 Å². The fourth-order valence-electron chi connectivity index (χ4n) is 0.258. The number of aliphatic carboxylic acids is 2. The van der Waals surface area contributed by atoms with Crippen LogP contribution in [0.15, 0.2) is 0 Å². The molecule has 2 unspecified atom stereocenters. The fraction of sp³-hybridized carbons (Fsp3) is 0.500. The molecule has 0 heterocycles. The van der Waals surface area contributed by atoms with E-state index in [0.29, 0.717) is 0 Å². The van der Waals surface area contributed by atoms with Crippen molar-refractivity contribution in [3.8, 4) is 0 Å². The maximum absolute atomic E-state index is 9.92. The molecule has 4 nitrogen and oxygen atoms in total. The van der Waals surface area contributed by atoms with Crippen molar-refractivity contribution in [3.05, 3.63) is 0 Å². The first-order chi connectivity index (χ1) is 4.46. The van der Waals surface area contributed by atoms with E-state index in [1.807, 2.05) is 0 Å². The summed E-state index contributed by atoms with van der Waals surface area (Å²) in [5.41, 5.74) is 0. The molecule has 0 aromatic heterocycles. The summed E-state index contributed by atoms with van der Waals surface area (Å²) in [7, 11) is 0. The second-order valence-corrected chi connectivity index (χ2v) is 2.64. The SMILES string of the molecule is O=C([O-])C(S)C(S)C(=O)[O-].[Li+].[Li+]. The average molecular weight is 194 g/mol. The van der Waals surface area contributed by atoms with Gasteiger partial charge >= 0.3 is 37.7 Å². The minimum atomic E-state index is -1.58. The summed E-state index contributed by atoms with van der Waals surface area (Å²) in [4.78, 5) is 19.8. The largest absolute Gasteiger partial charge is 1.00 e. The van der Waals surface area contributed by atoms with Gasteiger partial charge in [0.05, 0.1) is 22.4 Å². The number of hydrogen-bond acceptors (Lipinski definition) is 6. The van der Waals surface area contributed by atoms with E-state index in [9.17, 15) is 19.8 Å². The molecule has 0 bridgehead atoms. The van der Waals surface area contributed by atoms with Crippen molar-refractivity contribution in [2.24, 2.45) is 0 Å². The molecule has 0 fully saturated rings. The van der Waals surface area contributed by atoms with Crippen LogP contribution in [0.5, 0.6) is 0 Å². The molecule has 8 heteroatoms.